The Morgan fingerprint density at radius 1 is 1.28 bits per heavy atom. The summed E-state index contributed by atoms with van der Waals surface area (Å²) in [5.74, 6) is 4.73. The Hall–Kier alpha value is -1.67. The van der Waals surface area contributed by atoms with Crippen molar-refractivity contribution in [3.63, 3.8) is 0 Å². The molecule has 0 aliphatic rings. The molecule has 1 N–H and O–H groups in total. The minimum Gasteiger partial charge on any atom is -0.344 e. The molecule has 2 nitrogen and oxygen atoms in total. The van der Waals surface area contributed by atoms with E-state index in [0.29, 0.717) is 5.56 Å². The third-order valence-corrected chi connectivity index (χ3v) is 2.18. The molecule has 1 aromatic carbocycles. The van der Waals surface area contributed by atoms with Gasteiger partial charge in [0, 0.05) is 5.56 Å². The fourth-order valence-corrected chi connectivity index (χ4v) is 1.17. The number of carbonyl (C=O) groups is 1. The first-order chi connectivity index (χ1) is 8.43. The Balaban J connectivity index is 2.59. The van der Waals surface area contributed by atoms with Crippen LogP contribution in [0.25, 0.3) is 0 Å². The first-order valence-electron chi connectivity index (χ1n) is 4.92. The molecule has 0 saturated heterocycles. The van der Waals surface area contributed by atoms with Gasteiger partial charge in [-0.15, -0.1) is 11.6 Å². The van der Waals surface area contributed by atoms with Crippen LogP contribution in [-0.4, -0.2) is 18.3 Å². The minimum absolute atomic E-state index is 0.104. The average Bonchev–Trinajstić information content (AvgIpc) is 2.33. The van der Waals surface area contributed by atoms with Crippen molar-refractivity contribution in [2.24, 2.45) is 0 Å². The molecule has 1 aromatic rings. The summed E-state index contributed by atoms with van der Waals surface area (Å²) in [6.45, 7) is 0.104. The predicted octanol–water partition coefficient (Wildman–Crippen LogP) is 2.41. The molecule has 0 aliphatic carbocycles. The van der Waals surface area contributed by atoms with E-state index in [1.54, 1.807) is 0 Å². The second-order valence-electron chi connectivity index (χ2n) is 3.29. The number of benzene rings is 1. The lowest BCUT2D eigenvalue weighted by molar-refractivity contribution is -0.137. The first-order valence-corrected chi connectivity index (χ1v) is 5.45. The molecule has 18 heavy (non-hydrogen) atoms. The van der Waals surface area contributed by atoms with Gasteiger partial charge in [-0.3, -0.25) is 4.79 Å². The van der Waals surface area contributed by atoms with Crippen LogP contribution in [0.15, 0.2) is 24.3 Å². The second-order valence-corrected chi connectivity index (χ2v) is 3.55. The van der Waals surface area contributed by atoms with Crippen LogP contribution in [0.1, 0.15) is 11.1 Å². The summed E-state index contributed by atoms with van der Waals surface area (Å²) < 4.78 is 36.8. The van der Waals surface area contributed by atoms with Gasteiger partial charge >= 0.3 is 6.18 Å². The van der Waals surface area contributed by atoms with Crippen LogP contribution in [0.4, 0.5) is 13.2 Å². The van der Waals surface area contributed by atoms with Crippen molar-refractivity contribution >= 4 is 17.5 Å². The molecule has 0 atom stereocenters. The molecule has 0 radical (unpaired) electrons. The summed E-state index contributed by atoms with van der Waals surface area (Å²) in [5.41, 5.74) is -0.272. The number of halogens is 4. The van der Waals surface area contributed by atoms with Gasteiger partial charge in [-0.1, -0.05) is 11.8 Å². The summed E-state index contributed by atoms with van der Waals surface area (Å²) in [5, 5.41) is 2.41. The molecule has 96 valence electrons. The van der Waals surface area contributed by atoms with Crippen molar-refractivity contribution in [2.75, 3.05) is 12.4 Å². The molecule has 0 heterocycles. The van der Waals surface area contributed by atoms with Gasteiger partial charge in [0.1, 0.15) is 5.88 Å². The van der Waals surface area contributed by atoms with Crippen LogP contribution in [0, 0.1) is 11.8 Å². The lowest BCUT2D eigenvalue weighted by atomic mass is 10.1. The average molecular weight is 276 g/mol. The maximum absolute atomic E-state index is 12.3. The van der Waals surface area contributed by atoms with Crippen LogP contribution < -0.4 is 5.32 Å². The zero-order chi connectivity index (χ0) is 13.6. The SMILES string of the molecule is O=C(CCl)NCC#Cc1ccc(C(F)(F)F)cc1. The molecule has 0 unspecified atom stereocenters. The highest BCUT2D eigenvalue weighted by Gasteiger charge is 2.29. The third-order valence-electron chi connectivity index (χ3n) is 1.94. The zero-order valence-corrected chi connectivity index (χ0v) is 9.90. The third kappa shape index (κ3) is 4.68. The number of amides is 1. The van der Waals surface area contributed by atoms with E-state index in [1.807, 2.05) is 0 Å². The second kappa shape index (κ2) is 6.31. The van der Waals surface area contributed by atoms with Gasteiger partial charge < -0.3 is 5.32 Å². The van der Waals surface area contributed by atoms with Gasteiger partial charge in [0.25, 0.3) is 0 Å². The van der Waals surface area contributed by atoms with E-state index >= 15 is 0 Å². The molecule has 1 amide bonds. The Morgan fingerprint density at radius 3 is 2.39 bits per heavy atom. The van der Waals surface area contributed by atoms with Gasteiger partial charge in [-0.2, -0.15) is 13.2 Å². The van der Waals surface area contributed by atoms with E-state index in [-0.39, 0.29) is 18.3 Å². The predicted molar refractivity (Wildman–Crippen MR) is 62.1 cm³/mol. The molecule has 0 fully saturated rings. The minimum atomic E-state index is -4.35. The summed E-state index contributed by atoms with van der Waals surface area (Å²) in [4.78, 5) is 10.7. The van der Waals surface area contributed by atoms with Crippen molar-refractivity contribution in [1.29, 1.82) is 0 Å². The highest BCUT2D eigenvalue weighted by atomic mass is 35.5. The molecular weight excluding hydrogens is 267 g/mol. The van der Waals surface area contributed by atoms with Gasteiger partial charge in [-0.05, 0) is 24.3 Å². The van der Waals surface area contributed by atoms with Crippen molar-refractivity contribution in [3.8, 4) is 11.8 Å². The highest BCUT2D eigenvalue weighted by molar-refractivity contribution is 6.27. The quantitative estimate of drug-likeness (QED) is 0.652. The molecule has 0 aromatic heterocycles. The molecule has 1 rings (SSSR count). The summed E-state index contributed by atoms with van der Waals surface area (Å²) >= 11 is 5.24. The fraction of sp³-hybridized carbons (Fsp3) is 0.250. The Bertz CT molecular complexity index is 471. The summed E-state index contributed by atoms with van der Waals surface area (Å²) in [7, 11) is 0. The number of hydrogen-bond acceptors (Lipinski definition) is 1. The molecule has 0 saturated carbocycles. The largest absolute Gasteiger partial charge is 0.416 e. The van der Waals surface area contributed by atoms with Crippen LogP contribution in [0.2, 0.25) is 0 Å². The van der Waals surface area contributed by atoms with E-state index in [0.717, 1.165) is 12.1 Å². The summed E-state index contributed by atoms with van der Waals surface area (Å²) in [6.07, 6.45) is -4.35. The number of alkyl halides is 4. The maximum Gasteiger partial charge on any atom is 0.416 e. The number of hydrogen-bond donors (Lipinski definition) is 1. The van der Waals surface area contributed by atoms with Gasteiger partial charge in [0.15, 0.2) is 0 Å². The summed E-state index contributed by atoms with van der Waals surface area (Å²) in [6, 6.07) is 4.47. The lowest BCUT2D eigenvalue weighted by Crippen LogP contribution is -2.24. The lowest BCUT2D eigenvalue weighted by Gasteiger charge is -2.05. The van der Waals surface area contributed by atoms with E-state index in [4.69, 9.17) is 11.6 Å². The smallest absolute Gasteiger partial charge is 0.344 e. The fourth-order valence-electron chi connectivity index (χ4n) is 1.08. The van der Waals surface area contributed by atoms with E-state index in [1.165, 1.54) is 12.1 Å². The van der Waals surface area contributed by atoms with Crippen molar-refractivity contribution < 1.29 is 18.0 Å². The van der Waals surface area contributed by atoms with Crippen LogP contribution in [0.5, 0.6) is 0 Å². The van der Waals surface area contributed by atoms with Crippen LogP contribution in [0.3, 0.4) is 0 Å². The molecule has 6 heteroatoms. The monoisotopic (exact) mass is 275 g/mol. The van der Waals surface area contributed by atoms with Gasteiger partial charge in [0.2, 0.25) is 5.91 Å². The Morgan fingerprint density at radius 2 is 1.89 bits per heavy atom. The van der Waals surface area contributed by atoms with E-state index in [2.05, 4.69) is 17.2 Å². The highest BCUT2D eigenvalue weighted by Crippen LogP contribution is 2.28. The molecule has 0 spiro atoms. The molecular formula is C12H9ClF3NO. The van der Waals surface area contributed by atoms with Gasteiger partial charge in [-0.25, -0.2) is 0 Å². The normalized spacial score (nSPS) is 10.4. The molecule has 0 aliphatic heterocycles. The van der Waals surface area contributed by atoms with Crippen molar-refractivity contribution in [1.82, 2.24) is 5.32 Å². The first kappa shape index (κ1) is 14.4. The van der Waals surface area contributed by atoms with E-state index < -0.39 is 11.7 Å². The Kier molecular flexibility index (Phi) is 5.05. The number of nitrogens with one attached hydrogen (secondary N) is 1. The van der Waals surface area contributed by atoms with E-state index in [9.17, 15) is 18.0 Å². The standard InChI is InChI=1S/C12H9ClF3NO/c13-8-11(18)17-7-1-2-9-3-5-10(6-4-9)12(14,15)16/h3-6H,7-8H2,(H,17,18). The Labute approximate surface area is 107 Å². The van der Waals surface area contributed by atoms with Crippen LogP contribution in [-0.2, 0) is 11.0 Å². The molecule has 0 bridgehead atoms. The van der Waals surface area contributed by atoms with Crippen LogP contribution >= 0.6 is 11.6 Å². The van der Waals surface area contributed by atoms with Crippen molar-refractivity contribution in [3.05, 3.63) is 35.4 Å². The zero-order valence-electron chi connectivity index (χ0n) is 9.14. The number of carbonyl (C=O) groups excluding carboxylic acids is 1. The maximum atomic E-state index is 12.3. The van der Waals surface area contributed by atoms with Crippen molar-refractivity contribution in [2.45, 2.75) is 6.18 Å². The topological polar surface area (TPSA) is 29.1 Å². The van der Waals surface area contributed by atoms with Gasteiger partial charge in [0.05, 0.1) is 12.1 Å². The number of rotatable bonds is 2.